The Hall–Kier alpha value is -2.15. The maximum Gasteiger partial charge on any atom is 0.273 e. The molecule has 3 N–H and O–H groups in total. The molecule has 100 valence electrons. The molecule has 1 heterocycles. The van der Waals surface area contributed by atoms with Gasteiger partial charge in [0.1, 0.15) is 5.01 Å². The minimum atomic E-state index is -0.458. The van der Waals surface area contributed by atoms with Gasteiger partial charge in [0.05, 0.1) is 11.5 Å². The summed E-state index contributed by atoms with van der Waals surface area (Å²) in [5.41, 5.74) is 6.61. The van der Waals surface area contributed by atoms with Crippen LogP contribution in [-0.4, -0.2) is 9.91 Å². The van der Waals surface area contributed by atoms with Crippen molar-refractivity contribution in [3.63, 3.8) is 0 Å². The highest BCUT2D eigenvalue weighted by Crippen LogP contribution is 2.23. The Balaban J connectivity index is 2.08. The van der Waals surface area contributed by atoms with Crippen molar-refractivity contribution in [2.24, 2.45) is 0 Å². The molecule has 1 aromatic heterocycles. The molecule has 0 saturated carbocycles. The van der Waals surface area contributed by atoms with Crippen molar-refractivity contribution in [3.8, 4) is 0 Å². The van der Waals surface area contributed by atoms with E-state index in [-0.39, 0.29) is 5.69 Å². The molecule has 0 atom stereocenters. The van der Waals surface area contributed by atoms with E-state index in [2.05, 4.69) is 17.2 Å². The fourth-order valence-electron chi connectivity index (χ4n) is 1.61. The minimum absolute atomic E-state index is 0.0177. The molecule has 0 aliphatic heterocycles. The number of hydrogen-bond acceptors (Lipinski definition) is 6. The van der Waals surface area contributed by atoms with Crippen molar-refractivity contribution < 1.29 is 4.92 Å². The SMILES string of the molecule is CCc1cnc(CNc2cc(N)cc([N+](=O)[O-])c2)s1. The smallest absolute Gasteiger partial charge is 0.273 e. The summed E-state index contributed by atoms with van der Waals surface area (Å²) in [7, 11) is 0. The molecule has 2 aromatic rings. The maximum atomic E-state index is 10.7. The summed E-state index contributed by atoms with van der Waals surface area (Å²) in [5.74, 6) is 0. The van der Waals surface area contributed by atoms with Crippen molar-refractivity contribution >= 4 is 28.4 Å². The van der Waals surface area contributed by atoms with E-state index >= 15 is 0 Å². The number of aromatic nitrogens is 1. The highest BCUT2D eigenvalue weighted by Gasteiger charge is 2.08. The summed E-state index contributed by atoms with van der Waals surface area (Å²) < 4.78 is 0. The van der Waals surface area contributed by atoms with Gasteiger partial charge in [-0.1, -0.05) is 6.92 Å². The number of thiazole rings is 1. The summed E-state index contributed by atoms with van der Waals surface area (Å²) in [4.78, 5) is 15.8. The second kappa shape index (κ2) is 5.66. The number of nitrogen functional groups attached to an aromatic ring is 1. The van der Waals surface area contributed by atoms with Crippen molar-refractivity contribution in [3.05, 3.63) is 44.4 Å². The van der Waals surface area contributed by atoms with Gasteiger partial charge in [-0.15, -0.1) is 11.3 Å². The number of nitro groups is 1. The zero-order chi connectivity index (χ0) is 13.8. The van der Waals surface area contributed by atoms with Crippen LogP contribution in [0.4, 0.5) is 17.1 Å². The van der Waals surface area contributed by atoms with E-state index in [1.54, 1.807) is 17.4 Å². The number of non-ortho nitro benzene ring substituents is 1. The van der Waals surface area contributed by atoms with Gasteiger partial charge in [-0.2, -0.15) is 0 Å². The van der Waals surface area contributed by atoms with Crippen LogP contribution < -0.4 is 11.1 Å². The predicted octanol–water partition coefficient (Wildman–Crippen LogP) is 2.81. The van der Waals surface area contributed by atoms with Crippen LogP contribution >= 0.6 is 11.3 Å². The Morgan fingerprint density at radius 2 is 2.26 bits per heavy atom. The van der Waals surface area contributed by atoms with E-state index in [1.807, 2.05) is 6.20 Å². The second-order valence-electron chi connectivity index (χ2n) is 4.00. The summed E-state index contributed by atoms with van der Waals surface area (Å²) >= 11 is 1.63. The molecule has 7 heteroatoms. The highest BCUT2D eigenvalue weighted by molar-refractivity contribution is 7.11. The van der Waals surface area contributed by atoms with Crippen LogP contribution in [0.3, 0.4) is 0 Å². The van der Waals surface area contributed by atoms with Gasteiger partial charge >= 0.3 is 0 Å². The summed E-state index contributed by atoms with van der Waals surface area (Å²) in [6, 6.07) is 4.47. The molecule has 2 rings (SSSR count). The van der Waals surface area contributed by atoms with Crippen LogP contribution in [0.15, 0.2) is 24.4 Å². The molecule has 0 saturated heterocycles. The van der Waals surface area contributed by atoms with Crippen molar-refractivity contribution in [1.82, 2.24) is 4.98 Å². The number of nitrogens with one attached hydrogen (secondary N) is 1. The van der Waals surface area contributed by atoms with E-state index in [9.17, 15) is 10.1 Å². The molecule has 0 spiro atoms. The number of benzene rings is 1. The molecule has 0 aliphatic carbocycles. The second-order valence-corrected chi connectivity index (χ2v) is 5.20. The third-order valence-corrected chi connectivity index (χ3v) is 3.69. The lowest BCUT2D eigenvalue weighted by Gasteiger charge is -2.05. The van der Waals surface area contributed by atoms with Gasteiger partial charge < -0.3 is 11.1 Å². The quantitative estimate of drug-likeness (QED) is 0.498. The zero-order valence-corrected chi connectivity index (χ0v) is 11.2. The maximum absolute atomic E-state index is 10.7. The van der Waals surface area contributed by atoms with Crippen LogP contribution in [0.1, 0.15) is 16.8 Å². The minimum Gasteiger partial charge on any atom is -0.398 e. The Kier molecular flexibility index (Phi) is 3.96. The van der Waals surface area contributed by atoms with Gasteiger partial charge in [-0.05, 0) is 12.5 Å². The largest absolute Gasteiger partial charge is 0.398 e. The van der Waals surface area contributed by atoms with E-state index < -0.39 is 4.92 Å². The summed E-state index contributed by atoms with van der Waals surface area (Å²) in [6.45, 7) is 2.61. The number of nitrogens with two attached hydrogens (primary N) is 1. The third-order valence-electron chi connectivity index (χ3n) is 2.54. The molecule has 0 fully saturated rings. The molecule has 0 amide bonds. The fraction of sp³-hybridized carbons (Fsp3) is 0.250. The normalized spacial score (nSPS) is 10.4. The zero-order valence-electron chi connectivity index (χ0n) is 10.4. The van der Waals surface area contributed by atoms with E-state index in [0.29, 0.717) is 17.9 Å². The van der Waals surface area contributed by atoms with Crippen LogP contribution in [-0.2, 0) is 13.0 Å². The third kappa shape index (κ3) is 3.41. The molecule has 0 unspecified atom stereocenters. The first-order chi connectivity index (χ1) is 9.08. The highest BCUT2D eigenvalue weighted by atomic mass is 32.1. The van der Waals surface area contributed by atoms with Gasteiger partial charge in [0, 0.05) is 34.6 Å². The Labute approximate surface area is 114 Å². The van der Waals surface area contributed by atoms with E-state index in [4.69, 9.17) is 5.73 Å². The number of nitro benzene ring substituents is 1. The number of anilines is 2. The average molecular weight is 278 g/mol. The molecule has 6 nitrogen and oxygen atoms in total. The first kappa shape index (κ1) is 13.3. The summed E-state index contributed by atoms with van der Waals surface area (Å²) in [6.07, 6.45) is 2.81. The van der Waals surface area contributed by atoms with Gasteiger partial charge in [0.25, 0.3) is 5.69 Å². The molecule has 0 aliphatic rings. The van der Waals surface area contributed by atoms with Crippen LogP contribution in [0, 0.1) is 10.1 Å². The van der Waals surface area contributed by atoms with E-state index in [1.165, 1.54) is 17.0 Å². The van der Waals surface area contributed by atoms with Crippen molar-refractivity contribution in [2.45, 2.75) is 19.9 Å². The fourth-order valence-corrected chi connectivity index (χ4v) is 2.42. The number of aryl methyl sites for hydroxylation is 1. The summed E-state index contributed by atoms with van der Waals surface area (Å²) in [5, 5.41) is 14.8. The monoisotopic (exact) mass is 278 g/mol. The van der Waals surface area contributed by atoms with Crippen molar-refractivity contribution in [1.29, 1.82) is 0 Å². The van der Waals surface area contributed by atoms with Gasteiger partial charge in [0.2, 0.25) is 0 Å². The Morgan fingerprint density at radius 1 is 1.47 bits per heavy atom. The lowest BCUT2D eigenvalue weighted by atomic mass is 10.2. The topological polar surface area (TPSA) is 94.1 Å². The Bertz CT molecular complexity index is 597. The number of hydrogen-bond donors (Lipinski definition) is 2. The molecular weight excluding hydrogens is 264 g/mol. The van der Waals surface area contributed by atoms with Crippen LogP contribution in [0.2, 0.25) is 0 Å². The molecule has 0 radical (unpaired) electrons. The lowest BCUT2D eigenvalue weighted by Crippen LogP contribution is -2.01. The first-order valence-electron chi connectivity index (χ1n) is 5.81. The van der Waals surface area contributed by atoms with Crippen LogP contribution in [0.5, 0.6) is 0 Å². The van der Waals surface area contributed by atoms with E-state index in [0.717, 1.165) is 11.4 Å². The molecule has 19 heavy (non-hydrogen) atoms. The van der Waals surface area contributed by atoms with Gasteiger partial charge in [-0.3, -0.25) is 10.1 Å². The number of rotatable bonds is 5. The molecule has 0 bridgehead atoms. The average Bonchev–Trinajstić information content (AvgIpc) is 2.83. The predicted molar refractivity (Wildman–Crippen MR) is 76.3 cm³/mol. The molecular formula is C12H14N4O2S. The molecule has 1 aromatic carbocycles. The Morgan fingerprint density at radius 3 is 2.89 bits per heavy atom. The van der Waals surface area contributed by atoms with Crippen LogP contribution in [0.25, 0.3) is 0 Å². The first-order valence-corrected chi connectivity index (χ1v) is 6.62. The number of nitrogens with zero attached hydrogens (tertiary/aromatic N) is 2. The van der Waals surface area contributed by atoms with Crippen molar-refractivity contribution in [2.75, 3.05) is 11.1 Å². The van der Waals surface area contributed by atoms with Gasteiger partial charge in [-0.25, -0.2) is 4.98 Å². The van der Waals surface area contributed by atoms with Gasteiger partial charge in [0.15, 0.2) is 0 Å². The lowest BCUT2D eigenvalue weighted by molar-refractivity contribution is -0.384. The standard InChI is InChI=1S/C12H14N4O2S/c1-2-11-6-15-12(19-11)7-14-9-3-8(13)4-10(5-9)16(17)18/h3-6,14H,2,7,13H2,1H3.